The quantitative estimate of drug-likeness (QED) is 0.716. The van der Waals surface area contributed by atoms with E-state index in [2.05, 4.69) is 5.16 Å². The fraction of sp³-hybridized carbons (Fsp3) is 0.500. The smallest absolute Gasteiger partial charge is 0.259 e. The summed E-state index contributed by atoms with van der Waals surface area (Å²) in [5, 5.41) is 4.51. The van der Waals surface area contributed by atoms with Crippen LogP contribution in [0.1, 0.15) is 58.4 Å². The number of benzene rings is 1. The zero-order chi connectivity index (χ0) is 21.7. The van der Waals surface area contributed by atoms with E-state index in [0.717, 1.165) is 12.8 Å². The van der Waals surface area contributed by atoms with E-state index in [1.807, 2.05) is 11.8 Å². The van der Waals surface area contributed by atoms with E-state index in [4.69, 9.17) is 20.9 Å². The van der Waals surface area contributed by atoms with Gasteiger partial charge >= 0.3 is 0 Å². The van der Waals surface area contributed by atoms with E-state index in [-0.39, 0.29) is 11.8 Å². The number of hydrogen-bond acceptors (Lipinski definition) is 5. The van der Waals surface area contributed by atoms with Crippen molar-refractivity contribution in [3.8, 4) is 5.75 Å². The molecule has 1 aromatic carbocycles. The first-order chi connectivity index (χ1) is 14.4. The highest BCUT2D eigenvalue weighted by Gasteiger charge is 2.25. The summed E-state index contributed by atoms with van der Waals surface area (Å²) in [5.74, 6) is 0.883. The van der Waals surface area contributed by atoms with Crippen LogP contribution in [0.4, 0.5) is 0 Å². The summed E-state index contributed by atoms with van der Waals surface area (Å²) >= 11 is 6.10. The number of halogens is 1. The molecule has 7 nitrogen and oxygen atoms in total. The molecular formula is C22H28ClN3O4. The summed E-state index contributed by atoms with van der Waals surface area (Å²) in [5.41, 5.74) is 1.72. The van der Waals surface area contributed by atoms with Crippen molar-refractivity contribution in [2.24, 2.45) is 0 Å². The molecule has 0 atom stereocenters. The van der Waals surface area contributed by atoms with Gasteiger partial charge in [0, 0.05) is 31.7 Å². The SMILES string of the molecule is CCc1noc(C)c1C(=O)N1CCCCN(C)C(=O)c2cc(Cl)ccc2OCCC1. The largest absolute Gasteiger partial charge is 0.493 e. The van der Waals surface area contributed by atoms with Crippen LogP contribution in [0.3, 0.4) is 0 Å². The molecule has 1 aromatic heterocycles. The first-order valence-electron chi connectivity index (χ1n) is 10.3. The van der Waals surface area contributed by atoms with Crippen LogP contribution in [0.25, 0.3) is 0 Å². The molecule has 0 saturated heterocycles. The Balaban J connectivity index is 1.79. The molecule has 0 fully saturated rings. The molecule has 3 rings (SSSR count). The highest BCUT2D eigenvalue weighted by Crippen LogP contribution is 2.25. The normalized spacial score (nSPS) is 16.2. The molecule has 1 aliphatic rings. The number of ether oxygens (including phenoxy) is 1. The van der Waals surface area contributed by atoms with E-state index in [1.165, 1.54) is 0 Å². The standard InChI is InChI=1S/C22H28ClN3O4/c1-4-18-20(15(2)30-24-18)22(28)26-11-6-5-10-25(3)21(27)17-14-16(23)8-9-19(17)29-13-7-12-26/h8-9,14H,4-7,10-13H2,1-3H3. The topological polar surface area (TPSA) is 75.9 Å². The van der Waals surface area contributed by atoms with Crippen molar-refractivity contribution in [2.45, 2.75) is 39.5 Å². The molecule has 0 aliphatic carbocycles. The molecule has 0 spiro atoms. The second-order valence-electron chi connectivity index (χ2n) is 7.48. The molecule has 0 radical (unpaired) electrons. The molecule has 2 amide bonds. The zero-order valence-corrected chi connectivity index (χ0v) is 18.5. The van der Waals surface area contributed by atoms with Crippen LogP contribution in [0.15, 0.2) is 22.7 Å². The molecule has 8 heteroatoms. The van der Waals surface area contributed by atoms with Crippen LogP contribution in [0.5, 0.6) is 5.75 Å². The van der Waals surface area contributed by atoms with Crippen LogP contribution in [0.2, 0.25) is 5.02 Å². The van der Waals surface area contributed by atoms with Crippen LogP contribution in [0, 0.1) is 6.92 Å². The van der Waals surface area contributed by atoms with Gasteiger partial charge in [-0.1, -0.05) is 23.7 Å². The Morgan fingerprint density at radius 3 is 2.70 bits per heavy atom. The average molecular weight is 434 g/mol. The van der Waals surface area contributed by atoms with E-state index in [1.54, 1.807) is 37.1 Å². The number of carbonyl (C=O) groups excluding carboxylic acids is 2. The maximum Gasteiger partial charge on any atom is 0.259 e. The molecule has 2 aromatic rings. The highest BCUT2D eigenvalue weighted by atomic mass is 35.5. The van der Waals surface area contributed by atoms with Gasteiger partial charge in [-0.2, -0.15) is 0 Å². The van der Waals surface area contributed by atoms with Crippen molar-refractivity contribution in [3.05, 3.63) is 45.8 Å². The number of hydrogen-bond donors (Lipinski definition) is 0. The maximum atomic E-state index is 13.2. The van der Waals surface area contributed by atoms with E-state index in [0.29, 0.717) is 72.4 Å². The molecule has 0 saturated carbocycles. The van der Waals surface area contributed by atoms with Gasteiger partial charge in [-0.25, -0.2) is 0 Å². The Hall–Kier alpha value is -2.54. The summed E-state index contributed by atoms with van der Waals surface area (Å²) in [7, 11) is 1.77. The summed E-state index contributed by atoms with van der Waals surface area (Å²) in [6.45, 7) is 5.86. The number of carbonyl (C=O) groups is 2. The third-order valence-electron chi connectivity index (χ3n) is 5.29. The van der Waals surface area contributed by atoms with Crippen molar-refractivity contribution in [1.29, 1.82) is 0 Å². The molecular weight excluding hydrogens is 406 g/mol. The molecule has 0 unspecified atom stereocenters. The minimum absolute atomic E-state index is 0.0583. The van der Waals surface area contributed by atoms with Crippen LogP contribution < -0.4 is 4.74 Å². The lowest BCUT2D eigenvalue weighted by Crippen LogP contribution is -2.35. The molecule has 1 aliphatic heterocycles. The summed E-state index contributed by atoms with van der Waals surface area (Å²) in [6, 6.07) is 5.08. The van der Waals surface area contributed by atoms with Crippen molar-refractivity contribution < 1.29 is 18.8 Å². The van der Waals surface area contributed by atoms with Gasteiger partial charge in [0.05, 0.1) is 17.9 Å². The Kier molecular flexibility index (Phi) is 7.37. The Bertz CT molecular complexity index is 912. The zero-order valence-electron chi connectivity index (χ0n) is 17.7. The Morgan fingerprint density at radius 1 is 1.20 bits per heavy atom. The van der Waals surface area contributed by atoms with Gasteiger partial charge in [-0.3, -0.25) is 9.59 Å². The average Bonchev–Trinajstić information content (AvgIpc) is 3.12. The van der Waals surface area contributed by atoms with Crippen molar-refractivity contribution in [3.63, 3.8) is 0 Å². The van der Waals surface area contributed by atoms with Crippen LogP contribution >= 0.6 is 11.6 Å². The first-order valence-corrected chi connectivity index (χ1v) is 10.7. The molecule has 30 heavy (non-hydrogen) atoms. The minimum Gasteiger partial charge on any atom is -0.493 e. The van der Waals surface area contributed by atoms with E-state index < -0.39 is 0 Å². The number of aryl methyl sites for hydroxylation is 2. The summed E-state index contributed by atoms with van der Waals surface area (Å²) in [6.07, 6.45) is 2.86. The third kappa shape index (κ3) is 4.95. The minimum atomic E-state index is -0.118. The van der Waals surface area contributed by atoms with Gasteiger partial charge in [0.15, 0.2) is 0 Å². The van der Waals surface area contributed by atoms with Gasteiger partial charge in [0.2, 0.25) is 0 Å². The second-order valence-corrected chi connectivity index (χ2v) is 7.92. The fourth-order valence-electron chi connectivity index (χ4n) is 3.60. The molecule has 162 valence electrons. The monoisotopic (exact) mass is 433 g/mol. The van der Waals surface area contributed by atoms with E-state index >= 15 is 0 Å². The van der Waals surface area contributed by atoms with Gasteiger partial charge in [-0.15, -0.1) is 0 Å². The van der Waals surface area contributed by atoms with Crippen LogP contribution in [-0.2, 0) is 6.42 Å². The third-order valence-corrected chi connectivity index (χ3v) is 5.52. The fourth-order valence-corrected chi connectivity index (χ4v) is 3.77. The predicted octanol–water partition coefficient (Wildman–Crippen LogP) is 3.98. The van der Waals surface area contributed by atoms with Crippen molar-refractivity contribution >= 4 is 23.4 Å². The number of nitrogens with zero attached hydrogens (tertiary/aromatic N) is 3. The lowest BCUT2D eigenvalue weighted by atomic mass is 10.1. The van der Waals surface area contributed by atoms with Gasteiger partial charge in [0.1, 0.15) is 17.1 Å². The first kappa shape index (κ1) is 22.2. The highest BCUT2D eigenvalue weighted by molar-refractivity contribution is 6.31. The lowest BCUT2D eigenvalue weighted by molar-refractivity contribution is 0.0733. The van der Waals surface area contributed by atoms with Crippen molar-refractivity contribution in [1.82, 2.24) is 15.0 Å². The predicted molar refractivity (Wildman–Crippen MR) is 114 cm³/mol. The Labute approximate surface area is 181 Å². The van der Waals surface area contributed by atoms with Crippen molar-refractivity contribution in [2.75, 3.05) is 33.3 Å². The van der Waals surface area contributed by atoms with E-state index in [9.17, 15) is 9.59 Å². The number of fused-ring (bicyclic) bond motifs is 1. The van der Waals surface area contributed by atoms with Gasteiger partial charge in [0.25, 0.3) is 11.8 Å². The molecule has 0 N–H and O–H groups in total. The maximum absolute atomic E-state index is 13.2. The molecule has 0 bridgehead atoms. The van der Waals surface area contributed by atoms with Crippen LogP contribution in [-0.4, -0.2) is 60.1 Å². The number of amides is 2. The van der Waals surface area contributed by atoms with Gasteiger partial charge < -0.3 is 19.1 Å². The lowest BCUT2D eigenvalue weighted by Gasteiger charge is -2.23. The van der Waals surface area contributed by atoms with Gasteiger partial charge in [-0.05, 0) is 50.8 Å². The second kappa shape index (κ2) is 9.98. The molecule has 2 heterocycles. The summed E-state index contributed by atoms with van der Waals surface area (Å²) < 4.78 is 11.1. The summed E-state index contributed by atoms with van der Waals surface area (Å²) in [4.78, 5) is 29.5. The number of aromatic nitrogens is 1. The number of rotatable bonds is 2. The Morgan fingerprint density at radius 2 is 1.93 bits per heavy atom.